The Balaban J connectivity index is 1.91. The van der Waals surface area contributed by atoms with E-state index in [0.29, 0.717) is 18.2 Å². The number of halogens is 1. The first-order valence-electron chi connectivity index (χ1n) is 7.70. The van der Waals surface area contributed by atoms with Crippen LogP contribution in [0.2, 0.25) is 5.02 Å². The lowest BCUT2D eigenvalue weighted by Crippen LogP contribution is -2.32. The van der Waals surface area contributed by atoms with Gasteiger partial charge in [0.05, 0.1) is 11.6 Å². The van der Waals surface area contributed by atoms with Gasteiger partial charge in [0.15, 0.2) is 0 Å². The second kappa shape index (κ2) is 7.66. The lowest BCUT2D eigenvalue weighted by Gasteiger charge is -2.28. The monoisotopic (exact) mass is 317 g/mol. The van der Waals surface area contributed by atoms with Crippen molar-refractivity contribution in [2.45, 2.75) is 32.1 Å². The van der Waals surface area contributed by atoms with Gasteiger partial charge < -0.3 is 10.5 Å². The van der Waals surface area contributed by atoms with Crippen molar-refractivity contribution >= 4 is 11.6 Å². The van der Waals surface area contributed by atoms with Crippen LogP contribution in [-0.4, -0.2) is 13.2 Å². The van der Waals surface area contributed by atoms with Crippen LogP contribution in [0.4, 0.5) is 0 Å². The zero-order chi connectivity index (χ0) is 16.0. The maximum atomic E-state index is 6.14. The van der Waals surface area contributed by atoms with Crippen LogP contribution < -0.4 is 10.5 Å². The molecule has 0 saturated carbocycles. The fourth-order valence-corrected chi connectivity index (χ4v) is 2.74. The minimum absolute atomic E-state index is 0.0129. The van der Waals surface area contributed by atoms with Crippen LogP contribution in [0.15, 0.2) is 48.5 Å². The number of hydrogen-bond donors (Lipinski definition) is 1. The molecule has 2 aromatic rings. The Hall–Kier alpha value is -1.51. The molecule has 3 heteroatoms. The number of nitrogens with two attached hydrogens (primary N) is 1. The van der Waals surface area contributed by atoms with E-state index in [2.05, 4.69) is 31.2 Å². The molecule has 2 aromatic carbocycles. The molecule has 0 fully saturated rings. The Morgan fingerprint density at radius 2 is 1.86 bits per heavy atom. The molecule has 2 nitrogen and oxygen atoms in total. The fraction of sp³-hybridized carbons (Fsp3) is 0.368. The molecular weight excluding hydrogens is 294 g/mol. The van der Waals surface area contributed by atoms with Gasteiger partial charge in [-0.3, -0.25) is 0 Å². The molecule has 118 valence electrons. The third kappa shape index (κ3) is 4.25. The van der Waals surface area contributed by atoms with Crippen LogP contribution in [-0.2, 0) is 5.41 Å². The second-order valence-corrected chi connectivity index (χ2v) is 6.42. The highest BCUT2D eigenvalue weighted by atomic mass is 35.5. The van der Waals surface area contributed by atoms with Crippen molar-refractivity contribution in [3.8, 4) is 5.75 Å². The van der Waals surface area contributed by atoms with Gasteiger partial charge in [-0.15, -0.1) is 0 Å². The van der Waals surface area contributed by atoms with Crippen LogP contribution in [0.3, 0.4) is 0 Å². The summed E-state index contributed by atoms with van der Waals surface area (Å²) in [6.45, 7) is 5.51. The maximum absolute atomic E-state index is 6.14. The normalized spacial score (nSPS) is 13.6. The smallest absolute Gasteiger partial charge is 0.138 e. The lowest BCUT2D eigenvalue weighted by molar-refractivity contribution is 0.285. The van der Waals surface area contributed by atoms with Gasteiger partial charge in [0.1, 0.15) is 5.75 Å². The van der Waals surface area contributed by atoms with Crippen LogP contribution in [0.25, 0.3) is 0 Å². The van der Waals surface area contributed by atoms with Crippen molar-refractivity contribution in [3.05, 3.63) is 64.7 Å². The molecular formula is C19H24ClNO. The van der Waals surface area contributed by atoms with Gasteiger partial charge in [0.25, 0.3) is 0 Å². The van der Waals surface area contributed by atoms with E-state index in [1.54, 1.807) is 0 Å². The zero-order valence-corrected chi connectivity index (χ0v) is 14.1. The third-order valence-corrected chi connectivity index (χ3v) is 4.45. The Morgan fingerprint density at radius 1 is 1.14 bits per heavy atom. The third-order valence-electron chi connectivity index (χ3n) is 4.14. The molecule has 0 amide bonds. The number of aryl methyl sites for hydroxylation is 1. The van der Waals surface area contributed by atoms with Gasteiger partial charge in [-0.25, -0.2) is 0 Å². The van der Waals surface area contributed by atoms with Crippen molar-refractivity contribution in [1.82, 2.24) is 0 Å². The quantitative estimate of drug-likeness (QED) is 0.750. The molecule has 2 rings (SSSR count). The first kappa shape index (κ1) is 16.9. The van der Waals surface area contributed by atoms with Crippen molar-refractivity contribution in [3.63, 3.8) is 0 Å². The molecule has 0 aliphatic rings. The predicted molar refractivity (Wildman–Crippen MR) is 93.8 cm³/mol. The molecule has 0 aromatic heterocycles. The van der Waals surface area contributed by atoms with E-state index in [0.717, 1.165) is 24.2 Å². The minimum atomic E-state index is -0.0129. The van der Waals surface area contributed by atoms with Crippen LogP contribution in [0.5, 0.6) is 5.75 Å². The van der Waals surface area contributed by atoms with E-state index in [1.165, 1.54) is 5.56 Å². The lowest BCUT2D eigenvalue weighted by atomic mass is 9.79. The van der Waals surface area contributed by atoms with E-state index in [9.17, 15) is 0 Å². The summed E-state index contributed by atoms with van der Waals surface area (Å²) in [5.74, 6) is 0.760. The van der Waals surface area contributed by atoms with Gasteiger partial charge in [-0.05, 0) is 43.0 Å². The molecule has 0 spiro atoms. The highest BCUT2D eigenvalue weighted by Crippen LogP contribution is 2.29. The van der Waals surface area contributed by atoms with Gasteiger partial charge in [0, 0.05) is 12.0 Å². The second-order valence-electron chi connectivity index (χ2n) is 6.02. The van der Waals surface area contributed by atoms with E-state index >= 15 is 0 Å². The summed E-state index contributed by atoms with van der Waals surface area (Å²) < 4.78 is 5.82. The topological polar surface area (TPSA) is 35.2 Å². The van der Waals surface area contributed by atoms with Gasteiger partial charge in [-0.1, -0.05) is 54.9 Å². The number of rotatable bonds is 7. The Bertz CT molecular complexity index is 600. The van der Waals surface area contributed by atoms with Crippen molar-refractivity contribution in [2.75, 3.05) is 13.2 Å². The van der Waals surface area contributed by atoms with E-state index in [4.69, 9.17) is 22.1 Å². The average molecular weight is 318 g/mol. The van der Waals surface area contributed by atoms with Crippen molar-refractivity contribution in [2.24, 2.45) is 5.73 Å². The van der Waals surface area contributed by atoms with Crippen molar-refractivity contribution < 1.29 is 4.74 Å². The van der Waals surface area contributed by atoms with Crippen molar-refractivity contribution in [1.29, 1.82) is 0 Å². The minimum Gasteiger partial charge on any atom is -0.492 e. The summed E-state index contributed by atoms with van der Waals surface area (Å²) in [5, 5.41) is 0.662. The Labute approximate surface area is 138 Å². The largest absolute Gasteiger partial charge is 0.492 e. The molecule has 0 heterocycles. The SMILES string of the molecule is Cc1ccc(Cl)c(OCCCC(C)(CN)c2ccccc2)c1. The Kier molecular flexibility index (Phi) is 5.87. The van der Waals surface area contributed by atoms with Gasteiger partial charge >= 0.3 is 0 Å². The highest BCUT2D eigenvalue weighted by Gasteiger charge is 2.24. The predicted octanol–water partition coefficient (Wildman–Crippen LogP) is 4.72. The van der Waals surface area contributed by atoms with E-state index < -0.39 is 0 Å². The molecule has 0 bridgehead atoms. The van der Waals surface area contributed by atoms with Crippen LogP contribution in [0, 0.1) is 6.92 Å². The van der Waals surface area contributed by atoms with Crippen LogP contribution >= 0.6 is 11.6 Å². The first-order valence-corrected chi connectivity index (χ1v) is 8.07. The average Bonchev–Trinajstić information content (AvgIpc) is 2.55. The standard InChI is InChI=1S/C19H24ClNO/c1-15-9-10-17(20)18(13-15)22-12-6-11-19(2,14-21)16-7-4-3-5-8-16/h3-5,7-10,13H,6,11-12,14,21H2,1-2H3. The summed E-state index contributed by atoms with van der Waals surface area (Å²) in [6, 6.07) is 16.3. The van der Waals surface area contributed by atoms with Crippen LogP contribution in [0.1, 0.15) is 30.9 Å². The summed E-state index contributed by atoms with van der Waals surface area (Å²) in [4.78, 5) is 0. The van der Waals surface area contributed by atoms with Gasteiger partial charge in [-0.2, -0.15) is 0 Å². The summed E-state index contributed by atoms with van der Waals surface area (Å²) >= 11 is 6.14. The summed E-state index contributed by atoms with van der Waals surface area (Å²) in [6.07, 6.45) is 1.92. The number of hydrogen-bond acceptors (Lipinski definition) is 2. The molecule has 2 N–H and O–H groups in total. The number of benzene rings is 2. The molecule has 0 aliphatic carbocycles. The molecule has 0 aliphatic heterocycles. The van der Waals surface area contributed by atoms with Gasteiger partial charge in [0.2, 0.25) is 0 Å². The summed E-state index contributed by atoms with van der Waals surface area (Å²) in [7, 11) is 0. The number of ether oxygens (including phenoxy) is 1. The molecule has 0 radical (unpaired) electrons. The van der Waals surface area contributed by atoms with E-state index in [1.807, 2.05) is 31.2 Å². The maximum Gasteiger partial charge on any atom is 0.138 e. The summed E-state index contributed by atoms with van der Waals surface area (Å²) in [5.41, 5.74) is 8.43. The Morgan fingerprint density at radius 3 is 2.55 bits per heavy atom. The fourth-order valence-electron chi connectivity index (χ4n) is 2.57. The first-order chi connectivity index (χ1) is 10.5. The zero-order valence-electron chi connectivity index (χ0n) is 13.3. The van der Waals surface area contributed by atoms with E-state index in [-0.39, 0.29) is 5.41 Å². The highest BCUT2D eigenvalue weighted by molar-refractivity contribution is 6.32. The molecule has 1 atom stereocenters. The molecule has 1 unspecified atom stereocenters. The molecule has 0 saturated heterocycles. The molecule has 22 heavy (non-hydrogen) atoms.